The van der Waals surface area contributed by atoms with E-state index in [0.29, 0.717) is 16.4 Å². The van der Waals surface area contributed by atoms with E-state index in [-0.39, 0.29) is 5.78 Å². The fourth-order valence-electron chi connectivity index (χ4n) is 2.63. The van der Waals surface area contributed by atoms with Gasteiger partial charge < -0.3 is 14.8 Å². The summed E-state index contributed by atoms with van der Waals surface area (Å²) in [5.74, 6) is 1.37. The van der Waals surface area contributed by atoms with Crippen molar-refractivity contribution in [3.05, 3.63) is 35.2 Å². The summed E-state index contributed by atoms with van der Waals surface area (Å²) in [5.41, 5.74) is 2.59. The van der Waals surface area contributed by atoms with Crippen LogP contribution < -0.4 is 14.8 Å². The molecule has 0 aliphatic heterocycles. The van der Waals surface area contributed by atoms with Gasteiger partial charge in [0.2, 0.25) is 0 Å². The molecule has 0 fully saturated rings. The molecule has 3 aromatic rings. The second-order valence-electron chi connectivity index (χ2n) is 5.23. The molecule has 2 heterocycles. The van der Waals surface area contributed by atoms with Gasteiger partial charge in [-0.05, 0) is 30.3 Å². The van der Waals surface area contributed by atoms with E-state index < -0.39 is 0 Å². The summed E-state index contributed by atoms with van der Waals surface area (Å²) in [6, 6.07) is 9.62. The summed E-state index contributed by atoms with van der Waals surface area (Å²) in [5, 5.41) is 4.06. The van der Waals surface area contributed by atoms with E-state index in [1.165, 1.54) is 11.3 Å². The summed E-state index contributed by atoms with van der Waals surface area (Å²) >= 11 is 1.40. The lowest BCUT2D eigenvalue weighted by molar-refractivity contribution is 0.102. The maximum absolute atomic E-state index is 11.8. The molecule has 0 saturated heterocycles. The quantitative estimate of drug-likeness (QED) is 0.703. The Morgan fingerprint density at radius 2 is 1.88 bits per heavy atom. The zero-order chi connectivity index (χ0) is 17.3. The molecule has 124 valence electrons. The van der Waals surface area contributed by atoms with Crippen molar-refractivity contribution in [3.63, 3.8) is 0 Å². The third-order valence-electron chi connectivity index (χ3n) is 3.80. The van der Waals surface area contributed by atoms with Gasteiger partial charge in [0.05, 0.1) is 30.5 Å². The number of rotatable bonds is 5. The van der Waals surface area contributed by atoms with Gasteiger partial charge in [-0.1, -0.05) is 0 Å². The number of ether oxygens (including phenoxy) is 2. The van der Waals surface area contributed by atoms with Crippen LogP contribution in [0.5, 0.6) is 11.5 Å². The van der Waals surface area contributed by atoms with E-state index in [2.05, 4.69) is 5.32 Å². The third kappa shape index (κ3) is 2.69. The van der Waals surface area contributed by atoms with Crippen molar-refractivity contribution in [2.75, 3.05) is 26.6 Å². The molecule has 2 aromatic heterocycles. The van der Waals surface area contributed by atoms with Crippen LogP contribution in [0.4, 0.5) is 5.69 Å². The van der Waals surface area contributed by atoms with Crippen LogP contribution in [0.25, 0.3) is 21.5 Å². The van der Waals surface area contributed by atoms with Crippen molar-refractivity contribution in [2.24, 2.45) is 0 Å². The number of nitrogens with one attached hydrogen (secondary N) is 1. The molecular weight excluding hydrogens is 324 g/mol. The van der Waals surface area contributed by atoms with Crippen molar-refractivity contribution in [1.29, 1.82) is 0 Å². The van der Waals surface area contributed by atoms with Crippen molar-refractivity contribution in [1.82, 2.24) is 4.98 Å². The molecular formula is C18H18N2O3S. The zero-order valence-corrected chi connectivity index (χ0v) is 14.8. The number of aromatic nitrogens is 1. The molecule has 24 heavy (non-hydrogen) atoms. The number of benzene rings is 1. The molecule has 6 heteroatoms. The zero-order valence-electron chi connectivity index (χ0n) is 14.0. The van der Waals surface area contributed by atoms with Crippen molar-refractivity contribution in [3.8, 4) is 22.8 Å². The highest BCUT2D eigenvalue weighted by Crippen LogP contribution is 2.37. The Labute approximate surface area is 144 Å². The summed E-state index contributed by atoms with van der Waals surface area (Å²) in [4.78, 5) is 18.1. The van der Waals surface area contributed by atoms with E-state index in [4.69, 9.17) is 14.5 Å². The molecule has 0 aliphatic carbocycles. The molecule has 0 amide bonds. The van der Waals surface area contributed by atoms with Gasteiger partial charge in [0.25, 0.3) is 0 Å². The van der Waals surface area contributed by atoms with Crippen molar-refractivity contribution < 1.29 is 14.3 Å². The van der Waals surface area contributed by atoms with E-state index in [1.54, 1.807) is 21.1 Å². The second kappa shape index (κ2) is 6.49. The number of Topliss-reactive ketones (excluding diaryl/α,β-unsaturated/α-hetero) is 1. The smallest absolute Gasteiger partial charge is 0.171 e. The summed E-state index contributed by atoms with van der Waals surface area (Å²) < 4.78 is 10.6. The minimum absolute atomic E-state index is 0.0371. The minimum atomic E-state index is 0.0371. The number of carbonyl (C=O) groups excluding carboxylic acids is 1. The number of pyridine rings is 1. The van der Waals surface area contributed by atoms with Crippen LogP contribution in [0.1, 0.15) is 16.6 Å². The summed E-state index contributed by atoms with van der Waals surface area (Å²) in [6.07, 6.45) is 0. The monoisotopic (exact) mass is 342 g/mol. The molecule has 0 unspecified atom stereocenters. The number of hydrogen-bond acceptors (Lipinski definition) is 6. The second-order valence-corrected chi connectivity index (χ2v) is 6.23. The van der Waals surface area contributed by atoms with E-state index in [9.17, 15) is 4.79 Å². The highest BCUT2D eigenvalue weighted by molar-refractivity contribution is 7.21. The predicted octanol–water partition coefficient (Wildman–Crippen LogP) is 4.22. The molecule has 0 bridgehead atoms. The highest BCUT2D eigenvalue weighted by atomic mass is 32.1. The van der Waals surface area contributed by atoms with Crippen LogP contribution in [0, 0.1) is 0 Å². The van der Waals surface area contributed by atoms with Crippen LogP contribution in [0.2, 0.25) is 0 Å². The highest BCUT2D eigenvalue weighted by Gasteiger charge is 2.16. The van der Waals surface area contributed by atoms with Gasteiger partial charge in [0.15, 0.2) is 17.3 Å². The number of ketones is 1. The van der Waals surface area contributed by atoms with Crippen LogP contribution in [0.3, 0.4) is 0 Å². The summed E-state index contributed by atoms with van der Waals surface area (Å²) in [7, 11) is 5.03. The Morgan fingerprint density at radius 3 is 2.50 bits per heavy atom. The first-order chi connectivity index (χ1) is 11.6. The van der Waals surface area contributed by atoms with Gasteiger partial charge in [0.1, 0.15) is 4.83 Å². The lowest BCUT2D eigenvalue weighted by Gasteiger charge is -2.09. The van der Waals surface area contributed by atoms with E-state index >= 15 is 0 Å². The van der Waals surface area contributed by atoms with Crippen molar-refractivity contribution >= 4 is 33.0 Å². The topological polar surface area (TPSA) is 60.5 Å². The van der Waals surface area contributed by atoms with Gasteiger partial charge >= 0.3 is 0 Å². The fraction of sp³-hybridized carbons (Fsp3) is 0.222. The molecule has 0 spiro atoms. The number of hydrogen-bond donors (Lipinski definition) is 1. The standard InChI is InChI=1S/C18H18N2O3S/c1-10(21)17-16(19-2)12-6-7-13(20-18(12)24-17)11-5-8-14(22-3)15(9-11)23-4/h5-9,19H,1-4H3. The molecule has 0 aliphatic rings. The van der Waals surface area contributed by atoms with Gasteiger partial charge in [-0.25, -0.2) is 4.98 Å². The normalized spacial score (nSPS) is 10.7. The molecule has 5 nitrogen and oxygen atoms in total. The van der Waals surface area contributed by atoms with Gasteiger partial charge in [-0.2, -0.15) is 0 Å². The number of fused-ring (bicyclic) bond motifs is 1. The summed E-state index contributed by atoms with van der Waals surface area (Å²) in [6.45, 7) is 1.57. The number of carbonyl (C=O) groups is 1. The maximum atomic E-state index is 11.8. The van der Waals surface area contributed by atoms with Gasteiger partial charge in [-0.3, -0.25) is 4.79 Å². The molecule has 0 atom stereocenters. The van der Waals surface area contributed by atoms with Crippen LogP contribution >= 0.6 is 11.3 Å². The van der Waals surface area contributed by atoms with E-state index in [0.717, 1.165) is 27.2 Å². The first-order valence-corrected chi connectivity index (χ1v) is 8.25. The maximum Gasteiger partial charge on any atom is 0.171 e. The largest absolute Gasteiger partial charge is 0.493 e. The van der Waals surface area contributed by atoms with E-state index in [1.807, 2.05) is 37.4 Å². The Bertz CT molecular complexity index is 918. The first-order valence-electron chi connectivity index (χ1n) is 7.43. The molecule has 1 N–H and O–H groups in total. The first kappa shape index (κ1) is 16.3. The lowest BCUT2D eigenvalue weighted by atomic mass is 10.1. The van der Waals surface area contributed by atoms with Crippen molar-refractivity contribution in [2.45, 2.75) is 6.92 Å². The van der Waals surface area contributed by atoms with Gasteiger partial charge in [0, 0.05) is 24.9 Å². The Kier molecular flexibility index (Phi) is 4.40. The molecule has 0 saturated carbocycles. The number of methoxy groups -OCH3 is 2. The average Bonchev–Trinajstić information content (AvgIpc) is 2.99. The fourth-order valence-corrected chi connectivity index (χ4v) is 3.71. The number of nitrogens with zero attached hydrogens (tertiary/aromatic N) is 1. The van der Waals surface area contributed by atoms with Crippen LogP contribution in [0.15, 0.2) is 30.3 Å². The molecule has 3 rings (SSSR count). The van der Waals surface area contributed by atoms with Crippen LogP contribution in [-0.2, 0) is 0 Å². The minimum Gasteiger partial charge on any atom is -0.493 e. The lowest BCUT2D eigenvalue weighted by Crippen LogP contribution is -1.95. The Hall–Kier alpha value is -2.60. The SMILES string of the molecule is CNc1c(C(C)=O)sc2nc(-c3ccc(OC)c(OC)c3)ccc12. The number of anilines is 1. The van der Waals surface area contributed by atoms with Crippen LogP contribution in [-0.4, -0.2) is 32.0 Å². The molecule has 1 aromatic carbocycles. The van der Waals surface area contributed by atoms with Gasteiger partial charge in [-0.15, -0.1) is 11.3 Å². The number of thiophene rings is 1. The Morgan fingerprint density at radius 1 is 1.12 bits per heavy atom. The predicted molar refractivity (Wildman–Crippen MR) is 97.7 cm³/mol. The average molecular weight is 342 g/mol. The Balaban J connectivity index is 2.13. The molecule has 0 radical (unpaired) electrons. The third-order valence-corrected chi connectivity index (χ3v) is 5.00.